The summed E-state index contributed by atoms with van der Waals surface area (Å²) in [5.41, 5.74) is 23.4. The van der Waals surface area contributed by atoms with E-state index in [1.165, 1.54) is 0 Å². The maximum atomic E-state index is 12.3. The molecular weight excluding hydrogens is 387 g/mol. The SMILES string of the molecule is NC(CC1CCC(C(=O)NC(N)N)CC1)CC(N)C1CCC(OC(F)(F)F)CC1. The molecule has 0 saturated heterocycles. The van der Waals surface area contributed by atoms with E-state index in [9.17, 15) is 18.0 Å². The van der Waals surface area contributed by atoms with Gasteiger partial charge in [-0.1, -0.05) is 0 Å². The van der Waals surface area contributed by atoms with Gasteiger partial charge in [-0.3, -0.25) is 21.0 Å². The predicted octanol–water partition coefficient (Wildman–Crippen LogP) is 1.64. The van der Waals surface area contributed by atoms with Gasteiger partial charge in [-0.05, 0) is 76.0 Å². The average molecular weight is 424 g/mol. The fraction of sp³-hybridized carbons (Fsp3) is 0.947. The van der Waals surface area contributed by atoms with Crippen molar-refractivity contribution in [1.82, 2.24) is 5.32 Å². The number of ether oxygens (including phenoxy) is 1. The standard InChI is InChI=1S/C19H36F3N5O2/c20-19(21,22)29-15-7-5-12(6-8-15)16(24)10-14(23)9-11-1-3-13(4-2-11)17(28)27-18(25)26/h11-16,18H,1-10,23-26H2,(H,27,28). The fourth-order valence-electron chi connectivity index (χ4n) is 4.83. The van der Waals surface area contributed by atoms with E-state index >= 15 is 0 Å². The first-order valence-electron chi connectivity index (χ1n) is 10.6. The van der Waals surface area contributed by atoms with Gasteiger partial charge in [0.25, 0.3) is 0 Å². The van der Waals surface area contributed by atoms with Crippen molar-refractivity contribution in [2.45, 2.75) is 95.0 Å². The summed E-state index contributed by atoms with van der Waals surface area (Å²) in [5.74, 6) is 0.515. The Hall–Kier alpha value is -0.940. The summed E-state index contributed by atoms with van der Waals surface area (Å²) in [6, 6.07) is -0.146. The summed E-state index contributed by atoms with van der Waals surface area (Å²) in [6.45, 7) is 0. The number of rotatable bonds is 8. The van der Waals surface area contributed by atoms with Crippen LogP contribution < -0.4 is 28.3 Å². The fourth-order valence-corrected chi connectivity index (χ4v) is 4.83. The van der Waals surface area contributed by atoms with Crippen LogP contribution in [-0.4, -0.2) is 36.7 Å². The monoisotopic (exact) mass is 423 g/mol. The van der Waals surface area contributed by atoms with Gasteiger partial charge in [-0.2, -0.15) is 0 Å². The predicted molar refractivity (Wildman–Crippen MR) is 104 cm³/mol. The molecule has 0 spiro atoms. The van der Waals surface area contributed by atoms with Gasteiger partial charge in [0.05, 0.1) is 6.10 Å². The molecule has 2 atom stereocenters. The van der Waals surface area contributed by atoms with Crippen LogP contribution in [0.25, 0.3) is 0 Å². The van der Waals surface area contributed by atoms with E-state index in [1.807, 2.05) is 0 Å². The molecule has 29 heavy (non-hydrogen) atoms. The molecule has 0 aromatic carbocycles. The topological polar surface area (TPSA) is 142 Å². The third kappa shape index (κ3) is 8.75. The lowest BCUT2D eigenvalue weighted by atomic mass is 9.76. The van der Waals surface area contributed by atoms with E-state index in [-0.39, 0.29) is 29.8 Å². The molecule has 0 heterocycles. The number of alkyl halides is 3. The Morgan fingerprint density at radius 2 is 1.55 bits per heavy atom. The molecule has 0 bridgehead atoms. The largest absolute Gasteiger partial charge is 0.522 e. The molecule has 2 rings (SSSR count). The number of carbonyl (C=O) groups is 1. The highest BCUT2D eigenvalue weighted by atomic mass is 19.4. The van der Waals surface area contributed by atoms with Crippen LogP contribution in [-0.2, 0) is 9.53 Å². The highest BCUT2D eigenvalue weighted by Crippen LogP contribution is 2.34. The molecule has 9 N–H and O–H groups in total. The minimum Gasteiger partial charge on any atom is -0.328 e. The first-order chi connectivity index (χ1) is 13.5. The third-order valence-corrected chi connectivity index (χ3v) is 6.36. The number of hydrogen-bond donors (Lipinski definition) is 5. The highest BCUT2D eigenvalue weighted by Gasteiger charge is 2.36. The van der Waals surface area contributed by atoms with Crippen LogP contribution >= 0.6 is 0 Å². The normalized spacial score (nSPS) is 30.8. The Balaban J connectivity index is 1.65. The summed E-state index contributed by atoms with van der Waals surface area (Å²) in [5, 5.41) is 2.55. The molecule has 1 amide bonds. The van der Waals surface area contributed by atoms with Crippen molar-refractivity contribution in [2.75, 3.05) is 0 Å². The first-order valence-corrected chi connectivity index (χ1v) is 10.6. The lowest BCUT2D eigenvalue weighted by Gasteiger charge is -2.34. The zero-order chi connectivity index (χ0) is 21.6. The van der Waals surface area contributed by atoms with Gasteiger partial charge in [-0.25, -0.2) is 0 Å². The molecule has 10 heteroatoms. The van der Waals surface area contributed by atoms with Gasteiger partial charge in [0.2, 0.25) is 5.91 Å². The van der Waals surface area contributed by atoms with E-state index in [1.54, 1.807) is 0 Å². The molecule has 170 valence electrons. The lowest BCUT2D eigenvalue weighted by molar-refractivity contribution is -0.345. The van der Waals surface area contributed by atoms with Crippen LogP contribution in [0.4, 0.5) is 13.2 Å². The quantitative estimate of drug-likeness (QED) is 0.376. The van der Waals surface area contributed by atoms with Crippen molar-refractivity contribution in [1.29, 1.82) is 0 Å². The summed E-state index contributed by atoms with van der Waals surface area (Å²) < 4.78 is 41.1. The Labute approximate surface area is 170 Å². The van der Waals surface area contributed by atoms with Gasteiger partial charge in [0, 0.05) is 18.0 Å². The highest BCUT2D eigenvalue weighted by molar-refractivity contribution is 5.78. The zero-order valence-corrected chi connectivity index (χ0v) is 16.9. The van der Waals surface area contributed by atoms with Crippen LogP contribution in [0, 0.1) is 17.8 Å². The maximum Gasteiger partial charge on any atom is 0.522 e. The van der Waals surface area contributed by atoms with E-state index in [4.69, 9.17) is 22.9 Å². The van der Waals surface area contributed by atoms with Crippen molar-refractivity contribution in [3.8, 4) is 0 Å². The number of hydrogen-bond acceptors (Lipinski definition) is 6. The molecule has 2 unspecified atom stereocenters. The molecule has 0 aliphatic heterocycles. The smallest absolute Gasteiger partial charge is 0.328 e. The van der Waals surface area contributed by atoms with Crippen LogP contribution in [0.2, 0.25) is 0 Å². The Bertz CT molecular complexity index is 505. The number of halogens is 3. The summed E-state index contributed by atoms with van der Waals surface area (Å²) in [7, 11) is 0. The molecule has 0 aromatic rings. The second-order valence-electron chi connectivity index (χ2n) is 8.75. The van der Waals surface area contributed by atoms with Crippen LogP contribution in [0.3, 0.4) is 0 Å². The van der Waals surface area contributed by atoms with Gasteiger partial charge >= 0.3 is 6.36 Å². The van der Waals surface area contributed by atoms with Crippen LogP contribution in [0.5, 0.6) is 0 Å². The number of amides is 1. The minimum atomic E-state index is -4.57. The molecule has 2 saturated carbocycles. The Morgan fingerprint density at radius 1 is 0.966 bits per heavy atom. The van der Waals surface area contributed by atoms with Crippen molar-refractivity contribution < 1.29 is 22.7 Å². The maximum absolute atomic E-state index is 12.3. The third-order valence-electron chi connectivity index (χ3n) is 6.36. The molecule has 2 aliphatic rings. The molecular formula is C19H36F3N5O2. The summed E-state index contributed by atoms with van der Waals surface area (Å²) >= 11 is 0. The Morgan fingerprint density at radius 3 is 2.07 bits per heavy atom. The molecule has 7 nitrogen and oxygen atoms in total. The van der Waals surface area contributed by atoms with E-state index in [0.717, 1.165) is 32.1 Å². The summed E-state index contributed by atoms with van der Waals surface area (Å²) in [4.78, 5) is 12.0. The van der Waals surface area contributed by atoms with Gasteiger partial charge in [0.1, 0.15) is 6.29 Å². The number of nitrogens with two attached hydrogens (primary N) is 4. The minimum absolute atomic E-state index is 0.0398. The zero-order valence-electron chi connectivity index (χ0n) is 16.9. The van der Waals surface area contributed by atoms with E-state index in [2.05, 4.69) is 10.1 Å². The molecule has 2 aliphatic carbocycles. The van der Waals surface area contributed by atoms with Crippen molar-refractivity contribution in [2.24, 2.45) is 40.7 Å². The molecule has 0 aromatic heterocycles. The lowest BCUT2D eigenvalue weighted by Crippen LogP contribution is -2.50. The number of carbonyl (C=O) groups excluding carboxylic acids is 1. The van der Waals surface area contributed by atoms with Gasteiger partial charge < -0.3 is 16.8 Å². The number of nitrogens with one attached hydrogen (secondary N) is 1. The van der Waals surface area contributed by atoms with Crippen LogP contribution in [0.15, 0.2) is 0 Å². The van der Waals surface area contributed by atoms with Crippen LogP contribution in [0.1, 0.15) is 64.2 Å². The van der Waals surface area contributed by atoms with E-state index in [0.29, 0.717) is 38.0 Å². The van der Waals surface area contributed by atoms with Gasteiger partial charge in [0.15, 0.2) is 0 Å². The van der Waals surface area contributed by atoms with Crippen molar-refractivity contribution in [3.05, 3.63) is 0 Å². The Kier molecular flexibility index (Phi) is 9.15. The first kappa shape index (κ1) is 24.3. The van der Waals surface area contributed by atoms with Crippen molar-refractivity contribution >= 4 is 5.91 Å². The van der Waals surface area contributed by atoms with E-state index < -0.39 is 18.8 Å². The molecule has 0 radical (unpaired) electrons. The second-order valence-corrected chi connectivity index (χ2v) is 8.75. The van der Waals surface area contributed by atoms with Gasteiger partial charge in [-0.15, -0.1) is 13.2 Å². The average Bonchev–Trinajstić information content (AvgIpc) is 2.60. The second kappa shape index (κ2) is 10.9. The van der Waals surface area contributed by atoms with Crippen molar-refractivity contribution in [3.63, 3.8) is 0 Å². The molecule has 2 fully saturated rings. The summed E-state index contributed by atoms with van der Waals surface area (Å²) in [6.07, 6.45) is 0.852.